The third-order valence-electron chi connectivity index (χ3n) is 1.25. The number of hydrogen-bond donors (Lipinski definition) is 1. The molecule has 0 unspecified atom stereocenters. The molecule has 4 nitrogen and oxygen atoms in total. The van der Waals surface area contributed by atoms with E-state index in [9.17, 15) is 13.2 Å². The average molecular weight is 198 g/mol. The first-order chi connectivity index (χ1) is 6.02. The highest BCUT2D eigenvalue weighted by molar-refractivity contribution is 7.90. The molecule has 0 fully saturated rings. The van der Waals surface area contributed by atoms with E-state index < -0.39 is 15.9 Å². The Morgan fingerprint density at radius 2 is 2.15 bits per heavy atom. The lowest BCUT2D eigenvalue weighted by molar-refractivity contribution is -0.117. The minimum absolute atomic E-state index is 0.0369. The number of rotatable bonds is 2. The van der Waals surface area contributed by atoms with Crippen molar-refractivity contribution >= 4 is 15.9 Å². The molecule has 0 aliphatic rings. The normalized spacial score (nSPS) is 10.8. The molecular formula is C8H8NO3S. The quantitative estimate of drug-likeness (QED) is 0.744. The molecule has 0 saturated heterocycles. The fraction of sp³-hybridized carbons (Fsp3) is 0.125. The SMILES string of the molecule is CC(=O)NS(=O)(=O)c1[c]cccc1. The summed E-state index contributed by atoms with van der Waals surface area (Å²) >= 11 is 0. The van der Waals surface area contributed by atoms with Crippen LogP contribution in [0.5, 0.6) is 0 Å². The van der Waals surface area contributed by atoms with Gasteiger partial charge in [-0.2, -0.15) is 0 Å². The summed E-state index contributed by atoms with van der Waals surface area (Å²) in [4.78, 5) is 10.5. The zero-order chi connectivity index (χ0) is 9.90. The fourth-order valence-electron chi connectivity index (χ4n) is 0.788. The van der Waals surface area contributed by atoms with E-state index in [1.165, 1.54) is 12.1 Å². The maximum atomic E-state index is 11.3. The van der Waals surface area contributed by atoms with E-state index in [1.807, 2.05) is 4.72 Å². The summed E-state index contributed by atoms with van der Waals surface area (Å²) in [5, 5.41) is 0. The molecule has 1 aromatic carbocycles. The number of benzene rings is 1. The third-order valence-corrected chi connectivity index (χ3v) is 2.64. The summed E-state index contributed by atoms with van der Waals surface area (Å²) in [6, 6.07) is 8.55. The highest BCUT2D eigenvalue weighted by atomic mass is 32.2. The Balaban J connectivity index is 3.02. The molecule has 1 amide bonds. The van der Waals surface area contributed by atoms with Gasteiger partial charge in [0.1, 0.15) is 0 Å². The number of amides is 1. The van der Waals surface area contributed by atoms with Gasteiger partial charge in [0.25, 0.3) is 10.0 Å². The van der Waals surface area contributed by atoms with Crippen LogP contribution < -0.4 is 4.72 Å². The Kier molecular flexibility index (Phi) is 2.67. The van der Waals surface area contributed by atoms with E-state index in [0.717, 1.165) is 6.92 Å². The molecule has 0 atom stereocenters. The topological polar surface area (TPSA) is 63.2 Å². The first-order valence-electron chi connectivity index (χ1n) is 3.52. The molecule has 5 heteroatoms. The van der Waals surface area contributed by atoms with E-state index in [1.54, 1.807) is 12.1 Å². The van der Waals surface area contributed by atoms with Crippen LogP contribution in [0.25, 0.3) is 0 Å². The summed E-state index contributed by atoms with van der Waals surface area (Å²) in [6.45, 7) is 1.14. The van der Waals surface area contributed by atoms with Crippen molar-refractivity contribution in [3.05, 3.63) is 30.3 Å². The standard InChI is InChI=1S/C8H8NO3S/c1-7(10)9-13(11,12)8-5-3-2-4-6-8/h2-5H,1H3,(H,9,10). The zero-order valence-electron chi connectivity index (χ0n) is 6.94. The summed E-state index contributed by atoms with van der Waals surface area (Å²) in [5.74, 6) is -0.614. The molecule has 0 bridgehead atoms. The number of nitrogens with one attached hydrogen (secondary N) is 1. The van der Waals surface area contributed by atoms with Crippen LogP contribution in [0.15, 0.2) is 29.2 Å². The van der Waals surface area contributed by atoms with Crippen molar-refractivity contribution in [1.82, 2.24) is 4.72 Å². The Hall–Kier alpha value is -1.36. The lowest BCUT2D eigenvalue weighted by Crippen LogP contribution is -2.28. The van der Waals surface area contributed by atoms with Crippen molar-refractivity contribution in [2.45, 2.75) is 11.8 Å². The van der Waals surface area contributed by atoms with Crippen LogP contribution in [-0.2, 0) is 14.8 Å². The molecule has 13 heavy (non-hydrogen) atoms. The number of sulfonamides is 1. The molecule has 0 aromatic heterocycles. The van der Waals surface area contributed by atoms with Gasteiger partial charge >= 0.3 is 0 Å². The van der Waals surface area contributed by atoms with E-state index in [0.29, 0.717) is 0 Å². The van der Waals surface area contributed by atoms with Crippen LogP contribution in [0.4, 0.5) is 0 Å². The molecule has 1 radical (unpaired) electrons. The predicted molar refractivity (Wildman–Crippen MR) is 46.3 cm³/mol. The molecule has 1 rings (SSSR count). The van der Waals surface area contributed by atoms with Gasteiger partial charge < -0.3 is 0 Å². The Morgan fingerprint density at radius 1 is 1.46 bits per heavy atom. The van der Waals surface area contributed by atoms with E-state index in [4.69, 9.17) is 0 Å². The van der Waals surface area contributed by atoms with Crippen molar-refractivity contribution in [3.8, 4) is 0 Å². The van der Waals surface area contributed by atoms with Crippen molar-refractivity contribution < 1.29 is 13.2 Å². The van der Waals surface area contributed by atoms with Crippen LogP contribution in [0.3, 0.4) is 0 Å². The first-order valence-corrected chi connectivity index (χ1v) is 5.01. The molecule has 0 aliphatic heterocycles. The highest BCUT2D eigenvalue weighted by Gasteiger charge is 2.13. The van der Waals surface area contributed by atoms with Gasteiger partial charge in [0.05, 0.1) is 4.90 Å². The van der Waals surface area contributed by atoms with Crippen LogP contribution in [-0.4, -0.2) is 14.3 Å². The van der Waals surface area contributed by atoms with E-state index >= 15 is 0 Å². The van der Waals surface area contributed by atoms with Crippen molar-refractivity contribution in [2.75, 3.05) is 0 Å². The number of hydrogen-bond acceptors (Lipinski definition) is 3. The summed E-state index contributed by atoms with van der Waals surface area (Å²) in [7, 11) is -3.71. The second-order valence-electron chi connectivity index (χ2n) is 2.39. The van der Waals surface area contributed by atoms with Gasteiger partial charge in [0.15, 0.2) is 0 Å². The molecule has 0 spiro atoms. The molecule has 0 aliphatic carbocycles. The lowest BCUT2D eigenvalue weighted by Gasteiger charge is -2.02. The van der Waals surface area contributed by atoms with Gasteiger partial charge in [0.2, 0.25) is 5.91 Å². The van der Waals surface area contributed by atoms with Crippen LogP contribution in [0.2, 0.25) is 0 Å². The van der Waals surface area contributed by atoms with Crippen molar-refractivity contribution in [2.24, 2.45) is 0 Å². The molecule has 0 heterocycles. The van der Waals surface area contributed by atoms with Crippen LogP contribution in [0.1, 0.15) is 6.92 Å². The molecule has 69 valence electrons. The minimum Gasteiger partial charge on any atom is -0.274 e. The molecule has 1 aromatic rings. The second kappa shape index (κ2) is 3.57. The van der Waals surface area contributed by atoms with Gasteiger partial charge in [0, 0.05) is 13.0 Å². The fourth-order valence-corrected chi connectivity index (χ4v) is 1.76. The van der Waals surface area contributed by atoms with E-state index in [-0.39, 0.29) is 4.90 Å². The largest absolute Gasteiger partial charge is 0.274 e. The van der Waals surface area contributed by atoms with Crippen LogP contribution in [0, 0.1) is 6.07 Å². The summed E-state index contributed by atoms with van der Waals surface area (Å²) in [5.41, 5.74) is 0. The average Bonchev–Trinajstić information content (AvgIpc) is 2.04. The van der Waals surface area contributed by atoms with Gasteiger partial charge in [-0.15, -0.1) is 0 Å². The monoisotopic (exact) mass is 198 g/mol. The first kappa shape index (κ1) is 9.73. The Bertz CT molecular complexity index is 397. The maximum absolute atomic E-state index is 11.3. The zero-order valence-corrected chi connectivity index (χ0v) is 7.76. The third kappa shape index (κ3) is 2.55. The highest BCUT2D eigenvalue weighted by Crippen LogP contribution is 2.05. The van der Waals surface area contributed by atoms with Gasteiger partial charge in [-0.1, -0.05) is 18.2 Å². The summed E-state index contributed by atoms with van der Waals surface area (Å²) in [6.07, 6.45) is 0. The smallest absolute Gasteiger partial charge is 0.264 e. The molecular weight excluding hydrogens is 190 g/mol. The lowest BCUT2D eigenvalue weighted by atomic mass is 10.4. The van der Waals surface area contributed by atoms with Gasteiger partial charge in [-0.3, -0.25) is 4.79 Å². The predicted octanol–water partition coefficient (Wildman–Crippen LogP) is 0.312. The van der Waals surface area contributed by atoms with Gasteiger partial charge in [-0.05, 0) is 6.07 Å². The van der Waals surface area contributed by atoms with Gasteiger partial charge in [-0.25, -0.2) is 13.1 Å². The van der Waals surface area contributed by atoms with Crippen LogP contribution >= 0.6 is 0 Å². The number of carbonyl (C=O) groups excluding carboxylic acids is 1. The minimum atomic E-state index is -3.71. The van der Waals surface area contributed by atoms with Crippen molar-refractivity contribution in [3.63, 3.8) is 0 Å². The summed E-state index contributed by atoms with van der Waals surface area (Å²) < 4.78 is 24.4. The Morgan fingerprint density at radius 3 is 2.62 bits per heavy atom. The molecule has 0 saturated carbocycles. The Labute approximate surface area is 76.6 Å². The number of carbonyl (C=O) groups is 1. The molecule has 1 N–H and O–H groups in total. The second-order valence-corrected chi connectivity index (χ2v) is 4.04. The van der Waals surface area contributed by atoms with E-state index in [2.05, 4.69) is 6.07 Å². The maximum Gasteiger partial charge on any atom is 0.264 e. The van der Waals surface area contributed by atoms with Crippen molar-refractivity contribution in [1.29, 1.82) is 0 Å².